The number of rotatable bonds is 4. The van der Waals surface area contributed by atoms with E-state index in [0.717, 1.165) is 55.5 Å². The molecule has 19 heavy (non-hydrogen) atoms. The van der Waals surface area contributed by atoms with E-state index in [0.29, 0.717) is 6.04 Å². The Morgan fingerprint density at radius 3 is 3.16 bits per heavy atom. The van der Waals surface area contributed by atoms with E-state index < -0.39 is 0 Å². The van der Waals surface area contributed by atoms with Crippen LogP contribution in [0.15, 0.2) is 10.6 Å². The highest BCUT2D eigenvalue weighted by atomic mass is 16.5. The van der Waals surface area contributed by atoms with Gasteiger partial charge in [-0.25, -0.2) is 9.67 Å². The zero-order valence-electron chi connectivity index (χ0n) is 11.4. The van der Waals surface area contributed by atoms with Crippen molar-refractivity contribution in [3.05, 3.63) is 29.2 Å². The molecule has 3 rings (SSSR count). The summed E-state index contributed by atoms with van der Waals surface area (Å²) in [7, 11) is 0. The van der Waals surface area contributed by atoms with Gasteiger partial charge in [-0.2, -0.15) is 5.10 Å². The maximum Gasteiger partial charge on any atom is 0.150 e. The van der Waals surface area contributed by atoms with Crippen LogP contribution in [0.3, 0.4) is 0 Å². The van der Waals surface area contributed by atoms with Crippen LogP contribution in [-0.2, 0) is 25.9 Å². The second-order valence-electron chi connectivity index (χ2n) is 5.03. The van der Waals surface area contributed by atoms with Crippen molar-refractivity contribution in [1.82, 2.24) is 25.2 Å². The monoisotopic (exact) mass is 261 g/mol. The van der Waals surface area contributed by atoms with E-state index in [4.69, 9.17) is 4.52 Å². The van der Waals surface area contributed by atoms with Gasteiger partial charge in [0.05, 0.1) is 12.2 Å². The van der Waals surface area contributed by atoms with Gasteiger partial charge in [-0.05, 0) is 13.3 Å². The van der Waals surface area contributed by atoms with Crippen molar-refractivity contribution < 1.29 is 4.52 Å². The molecule has 0 aromatic carbocycles. The first-order valence-corrected chi connectivity index (χ1v) is 6.82. The Balaban J connectivity index is 1.59. The summed E-state index contributed by atoms with van der Waals surface area (Å²) in [6.07, 6.45) is 2.98. The standard InChI is InChI=1S/C13H19N5O/c1-3-12-15-13-5-4-10(8-18(13)16-12)14-7-11-6-9(2)19-17-11/h6,10,14H,3-5,7-8H2,1-2H3/t10-/m1/s1. The molecule has 0 radical (unpaired) electrons. The highest BCUT2D eigenvalue weighted by molar-refractivity contribution is 5.04. The number of fused-ring (bicyclic) bond motifs is 1. The molecule has 0 bridgehead atoms. The van der Waals surface area contributed by atoms with Crippen LogP contribution in [0.2, 0.25) is 0 Å². The number of nitrogens with zero attached hydrogens (tertiary/aromatic N) is 4. The Morgan fingerprint density at radius 2 is 2.42 bits per heavy atom. The predicted molar refractivity (Wildman–Crippen MR) is 69.6 cm³/mol. The number of hydrogen-bond acceptors (Lipinski definition) is 5. The lowest BCUT2D eigenvalue weighted by atomic mass is 10.1. The molecule has 1 aliphatic rings. The zero-order chi connectivity index (χ0) is 13.2. The molecule has 1 aliphatic heterocycles. The fraction of sp³-hybridized carbons (Fsp3) is 0.615. The topological polar surface area (TPSA) is 68.8 Å². The molecule has 0 unspecified atom stereocenters. The molecule has 6 heteroatoms. The lowest BCUT2D eigenvalue weighted by Gasteiger charge is -2.23. The van der Waals surface area contributed by atoms with Gasteiger partial charge >= 0.3 is 0 Å². The van der Waals surface area contributed by atoms with E-state index in [2.05, 4.69) is 27.5 Å². The van der Waals surface area contributed by atoms with E-state index >= 15 is 0 Å². The van der Waals surface area contributed by atoms with Crippen LogP contribution in [0, 0.1) is 6.92 Å². The first-order valence-electron chi connectivity index (χ1n) is 6.82. The van der Waals surface area contributed by atoms with Crippen LogP contribution < -0.4 is 5.32 Å². The molecule has 0 saturated carbocycles. The minimum atomic E-state index is 0.427. The van der Waals surface area contributed by atoms with Gasteiger partial charge in [0.1, 0.15) is 11.6 Å². The van der Waals surface area contributed by atoms with Crippen molar-refractivity contribution in [2.24, 2.45) is 0 Å². The van der Waals surface area contributed by atoms with Gasteiger partial charge in [-0.3, -0.25) is 0 Å². The third-order valence-corrected chi connectivity index (χ3v) is 3.47. The van der Waals surface area contributed by atoms with Crippen molar-refractivity contribution in [2.75, 3.05) is 0 Å². The van der Waals surface area contributed by atoms with Crippen LogP contribution in [0.5, 0.6) is 0 Å². The van der Waals surface area contributed by atoms with Crippen molar-refractivity contribution in [2.45, 2.75) is 52.2 Å². The van der Waals surface area contributed by atoms with Gasteiger partial charge in [0, 0.05) is 31.5 Å². The summed E-state index contributed by atoms with van der Waals surface area (Å²) in [4.78, 5) is 4.52. The van der Waals surface area contributed by atoms with Gasteiger partial charge in [0.25, 0.3) is 0 Å². The molecule has 102 valence electrons. The van der Waals surface area contributed by atoms with E-state index in [1.54, 1.807) is 0 Å². The zero-order valence-corrected chi connectivity index (χ0v) is 11.4. The van der Waals surface area contributed by atoms with Gasteiger partial charge in [-0.1, -0.05) is 12.1 Å². The fourth-order valence-corrected chi connectivity index (χ4v) is 2.43. The summed E-state index contributed by atoms with van der Waals surface area (Å²) >= 11 is 0. The van der Waals surface area contributed by atoms with Crippen LogP contribution in [0.25, 0.3) is 0 Å². The van der Waals surface area contributed by atoms with Crippen LogP contribution in [-0.4, -0.2) is 26.0 Å². The average molecular weight is 261 g/mol. The minimum absolute atomic E-state index is 0.427. The van der Waals surface area contributed by atoms with E-state index in [9.17, 15) is 0 Å². The molecule has 2 aromatic rings. The predicted octanol–water partition coefficient (Wildman–Crippen LogP) is 1.24. The van der Waals surface area contributed by atoms with Gasteiger partial charge in [0.15, 0.2) is 5.82 Å². The maximum absolute atomic E-state index is 5.06. The Labute approximate surface area is 112 Å². The summed E-state index contributed by atoms with van der Waals surface area (Å²) in [5, 5.41) is 12.0. The summed E-state index contributed by atoms with van der Waals surface area (Å²) in [6.45, 7) is 5.63. The van der Waals surface area contributed by atoms with E-state index in [-0.39, 0.29) is 0 Å². The van der Waals surface area contributed by atoms with Gasteiger partial charge in [0.2, 0.25) is 0 Å². The van der Waals surface area contributed by atoms with Crippen molar-refractivity contribution in [1.29, 1.82) is 0 Å². The van der Waals surface area contributed by atoms with Crippen molar-refractivity contribution in [3.8, 4) is 0 Å². The average Bonchev–Trinajstić information content (AvgIpc) is 3.01. The molecule has 3 heterocycles. The maximum atomic E-state index is 5.06. The first-order chi connectivity index (χ1) is 9.24. The van der Waals surface area contributed by atoms with Crippen molar-refractivity contribution in [3.63, 3.8) is 0 Å². The Bertz CT molecular complexity index is 559. The Kier molecular flexibility index (Phi) is 3.33. The number of hydrogen-bond donors (Lipinski definition) is 1. The SMILES string of the molecule is CCc1nc2n(n1)C[C@H](NCc1cc(C)on1)CC2. The second kappa shape index (κ2) is 5.13. The largest absolute Gasteiger partial charge is 0.361 e. The number of nitrogens with one attached hydrogen (secondary N) is 1. The molecule has 1 N–H and O–H groups in total. The number of aromatic nitrogens is 4. The van der Waals surface area contributed by atoms with E-state index in [1.807, 2.05) is 17.7 Å². The second-order valence-corrected chi connectivity index (χ2v) is 5.03. The fourth-order valence-electron chi connectivity index (χ4n) is 2.43. The summed E-state index contributed by atoms with van der Waals surface area (Å²) in [5.41, 5.74) is 0.955. The summed E-state index contributed by atoms with van der Waals surface area (Å²) in [6, 6.07) is 2.39. The minimum Gasteiger partial charge on any atom is -0.361 e. The first kappa shape index (κ1) is 12.3. The summed E-state index contributed by atoms with van der Waals surface area (Å²) in [5.74, 6) is 2.92. The molecule has 0 spiro atoms. The third-order valence-electron chi connectivity index (χ3n) is 3.47. The molecule has 2 aromatic heterocycles. The normalized spacial score (nSPS) is 18.5. The third kappa shape index (κ3) is 2.68. The molecule has 6 nitrogen and oxygen atoms in total. The molecule has 0 saturated heterocycles. The molecule has 0 amide bonds. The quantitative estimate of drug-likeness (QED) is 0.896. The van der Waals surface area contributed by atoms with Crippen LogP contribution >= 0.6 is 0 Å². The lowest BCUT2D eigenvalue weighted by Crippen LogP contribution is -2.37. The lowest BCUT2D eigenvalue weighted by molar-refractivity contribution is 0.347. The summed E-state index contributed by atoms with van der Waals surface area (Å²) < 4.78 is 7.10. The molecular formula is C13H19N5O. The molecule has 1 atom stereocenters. The van der Waals surface area contributed by atoms with Crippen LogP contribution in [0.1, 0.15) is 36.4 Å². The van der Waals surface area contributed by atoms with Crippen molar-refractivity contribution >= 4 is 0 Å². The molecule has 0 fully saturated rings. The smallest absolute Gasteiger partial charge is 0.150 e. The Morgan fingerprint density at radius 1 is 1.53 bits per heavy atom. The Hall–Kier alpha value is -1.69. The highest BCUT2D eigenvalue weighted by Gasteiger charge is 2.21. The van der Waals surface area contributed by atoms with Gasteiger partial charge < -0.3 is 9.84 Å². The number of aryl methyl sites for hydroxylation is 3. The highest BCUT2D eigenvalue weighted by Crippen LogP contribution is 2.14. The molecular weight excluding hydrogens is 242 g/mol. The molecule has 0 aliphatic carbocycles. The van der Waals surface area contributed by atoms with Crippen LogP contribution in [0.4, 0.5) is 0 Å². The van der Waals surface area contributed by atoms with Gasteiger partial charge in [-0.15, -0.1) is 0 Å². The van der Waals surface area contributed by atoms with E-state index in [1.165, 1.54) is 0 Å².